The maximum atomic E-state index is 12.9. The highest BCUT2D eigenvalue weighted by atomic mass is 16.5. The molecule has 0 radical (unpaired) electrons. The summed E-state index contributed by atoms with van der Waals surface area (Å²) in [5.41, 5.74) is 1.34. The minimum absolute atomic E-state index is 0.158. The summed E-state index contributed by atoms with van der Waals surface area (Å²) in [6, 6.07) is 7.22. The number of aromatic nitrogens is 3. The van der Waals surface area contributed by atoms with Crippen molar-refractivity contribution in [2.45, 2.75) is 37.8 Å². The number of anilines is 1. The lowest BCUT2D eigenvalue weighted by molar-refractivity contribution is 0.102. The molecule has 0 saturated heterocycles. The van der Waals surface area contributed by atoms with Crippen LogP contribution >= 0.6 is 0 Å². The Labute approximate surface area is 149 Å². The third-order valence-corrected chi connectivity index (χ3v) is 4.77. The number of nitrogens with one attached hydrogen (secondary N) is 2. The smallest absolute Gasteiger partial charge is 0.274 e. The van der Waals surface area contributed by atoms with Gasteiger partial charge in [-0.25, -0.2) is 0 Å². The molecular formula is C19H18N4O3. The van der Waals surface area contributed by atoms with Gasteiger partial charge in [0, 0.05) is 23.7 Å². The molecule has 0 unspecified atom stereocenters. The van der Waals surface area contributed by atoms with E-state index in [9.17, 15) is 9.59 Å². The molecule has 2 fully saturated rings. The first-order chi connectivity index (χ1) is 12.7. The number of hydrogen-bond donors (Lipinski definition) is 2. The van der Waals surface area contributed by atoms with E-state index in [2.05, 4.69) is 15.5 Å². The summed E-state index contributed by atoms with van der Waals surface area (Å²) >= 11 is 0. The maximum absolute atomic E-state index is 12.9. The number of aromatic amines is 1. The van der Waals surface area contributed by atoms with Crippen molar-refractivity contribution in [3.8, 4) is 5.75 Å². The monoisotopic (exact) mass is 350 g/mol. The van der Waals surface area contributed by atoms with E-state index in [1.54, 1.807) is 41.2 Å². The van der Waals surface area contributed by atoms with Gasteiger partial charge in [-0.3, -0.25) is 14.7 Å². The molecule has 2 saturated carbocycles. The number of rotatable bonds is 5. The summed E-state index contributed by atoms with van der Waals surface area (Å²) in [5, 5.41) is 10.5. The Hall–Kier alpha value is -3.09. The quantitative estimate of drug-likeness (QED) is 0.740. The molecule has 1 amide bonds. The van der Waals surface area contributed by atoms with E-state index < -0.39 is 0 Å². The van der Waals surface area contributed by atoms with Gasteiger partial charge < -0.3 is 14.6 Å². The molecule has 0 bridgehead atoms. The fourth-order valence-corrected chi connectivity index (χ4v) is 3.05. The zero-order valence-electron chi connectivity index (χ0n) is 14.1. The third-order valence-electron chi connectivity index (χ3n) is 4.77. The Morgan fingerprint density at radius 1 is 1.27 bits per heavy atom. The largest absolute Gasteiger partial charge is 0.490 e. The highest BCUT2D eigenvalue weighted by Gasteiger charge is 2.27. The molecule has 2 aliphatic rings. The van der Waals surface area contributed by atoms with Crippen molar-refractivity contribution in [3.63, 3.8) is 0 Å². The van der Waals surface area contributed by atoms with E-state index in [-0.39, 0.29) is 29.3 Å². The molecule has 2 heterocycles. The molecule has 1 aromatic carbocycles. The third kappa shape index (κ3) is 2.75. The van der Waals surface area contributed by atoms with Crippen LogP contribution in [0.15, 0.2) is 41.5 Å². The van der Waals surface area contributed by atoms with Crippen molar-refractivity contribution in [2.24, 2.45) is 0 Å². The van der Waals surface area contributed by atoms with E-state index >= 15 is 0 Å². The summed E-state index contributed by atoms with van der Waals surface area (Å²) in [7, 11) is 0. The number of pyridine rings is 1. The fourth-order valence-electron chi connectivity index (χ4n) is 3.05. The number of carbonyl (C=O) groups is 1. The average molecular weight is 350 g/mol. The predicted molar refractivity (Wildman–Crippen MR) is 96.7 cm³/mol. The van der Waals surface area contributed by atoms with E-state index in [4.69, 9.17) is 4.74 Å². The fraction of sp³-hybridized carbons (Fsp3) is 0.316. The Kier molecular flexibility index (Phi) is 3.34. The summed E-state index contributed by atoms with van der Waals surface area (Å²) in [6.45, 7) is 0. The van der Waals surface area contributed by atoms with Crippen LogP contribution < -0.4 is 15.6 Å². The molecular weight excluding hydrogens is 332 g/mol. The standard InChI is InChI=1S/C19H18N4O3/c24-18(21-15-2-1-7-23(19(15)25)12-3-4-12)14-8-11-10-20-22-16(11)9-17(14)26-13-5-6-13/h1-2,7-10,12-13H,3-6H2,(H,20,22)(H,21,24). The molecule has 132 valence electrons. The van der Waals surface area contributed by atoms with Crippen LogP contribution in [0.2, 0.25) is 0 Å². The van der Waals surface area contributed by atoms with Crippen molar-refractivity contribution in [1.82, 2.24) is 14.8 Å². The van der Waals surface area contributed by atoms with Crippen LogP contribution in [-0.4, -0.2) is 26.8 Å². The molecule has 0 spiro atoms. The Morgan fingerprint density at radius 2 is 2.12 bits per heavy atom. The summed E-state index contributed by atoms with van der Waals surface area (Å²) in [4.78, 5) is 25.4. The van der Waals surface area contributed by atoms with Gasteiger partial charge >= 0.3 is 0 Å². The molecule has 7 nitrogen and oxygen atoms in total. The van der Waals surface area contributed by atoms with Crippen molar-refractivity contribution in [3.05, 3.63) is 52.6 Å². The van der Waals surface area contributed by atoms with Crippen molar-refractivity contribution < 1.29 is 9.53 Å². The molecule has 0 atom stereocenters. The zero-order valence-corrected chi connectivity index (χ0v) is 14.1. The van der Waals surface area contributed by atoms with Crippen molar-refractivity contribution in [2.75, 3.05) is 5.32 Å². The SMILES string of the molecule is O=C(Nc1cccn(C2CC2)c1=O)c1cc2cn[nH]c2cc1OC1CC1. The Morgan fingerprint density at radius 3 is 2.88 bits per heavy atom. The van der Waals surface area contributed by atoms with Crippen molar-refractivity contribution >= 4 is 22.5 Å². The second-order valence-electron chi connectivity index (χ2n) is 6.94. The van der Waals surface area contributed by atoms with Crippen LogP contribution in [0.1, 0.15) is 42.1 Å². The van der Waals surface area contributed by atoms with E-state index in [1.165, 1.54) is 0 Å². The molecule has 2 N–H and O–H groups in total. The van der Waals surface area contributed by atoms with Gasteiger partial charge in [0.05, 0.1) is 23.4 Å². The van der Waals surface area contributed by atoms with Crippen LogP contribution in [0.4, 0.5) is 5.69 Å². The van der Waals surface area contributed by atoms with Crippen LogP contribution in [0.5, 0.6) is 5.75 Å². The van der Waals surface area contributed by atoms with Crippen LogP contribution in [0.25, 0.3) is 10.9 Å². The van der Waals surface area contributed by atoms with E-state index in [1.807, 2.05) is 0 Å². The maximum Gasteiger partial charge on any atom is 0.274 e. The van der Waals surface area contributed by atoms with Crippen LogP contribution in [-0.2, 0) is 0 Å². The minimum atomic E-state index is -0.352. The molecule has 7 heteroatoms. The molecule has 2 aliphatic carbocycles. The number of carbonyl (C=O) groups excluding carboxylic acids is 1. The summed E-state index contributed by atoms with van der Waals surface area (Å²) < 4.78 is 7.59. The van der Waals surface area contributed by atoms with Gasteiger partial charge in [0.2, 0.25) is 0 Å². The molecule has 26 heavy (non-hydrogen) atoms. The van der Waals surface area contributed by atoms with Gasteiger partial charge in [0.15, 0.2) is 0 Å². The molecule has 5 rings (SSSR count). The van der Waals surface area contributed by atoms with Gasteiger partial charge in [0.1, 0.15) is 11.4 Å². The van der Waals surface area contributed by atoms with Crippen LogP contribution in [0.3, 0.4) is 0 Å². The molecule has 0 aliphatic heterocycles. The number of benzene rings is 1. The molecule has 3 aromatic rings. The number of nitrogens with zero attached hydrogens (tertiary/aromatic N) is 2. The lowest BCUT2D eigenvalue weighted by atomic mass is 10.1. The number of ether oxygens (including phenoxy) is 1. The topological polar surface area (TPSA) is 89.0 Å². The number of fused-ring (bicyclic) bond motifs is 1. The first-order valence-electron chi connectivity index (χ1n) is 8.85. The summed E-state index contributed by atoms with van der Waals surface area (Å²) in [5.74, 6) is 0.162. The highest BCUT2D eigenvalue weighted by molar-refractivity contribution is 6.08. The normalized spacial score (nSPS) is 16.6. The second-order valence-corrected chi connectivity index (χ2v) is 6.94. The first kappa shape index (κ1) is 15.2. The average Bonchev–Trinajstić information content (AvgIpc) is 3.55. The van der Waals surface area contributed by atoms with Gasteiger partial charge in [0.25, 0.3) is 11.5 Å². The van der Waals surface area contributed by atoms with Crippen LogP contribution in [0, 0.1) is 0 Å². The minimum Gasteiger partial charge on any atom is -0.490 e. The summed E-state index contributed by atoms with van der Waals surface area (Å²) in [6.07, 6.45) is 7.59. The zero-order chi connectivity index (χ0) is 17.7. The Balaban J connectivity index is 1.50. The van der Waals surface area contributed by atoms with Gasteiger partial charge in [-0.05, 0) is 43.9 Å². The first-order valence-corrected chi connectivity index (χ1v) is 8.85. The predicted octanol–water partition coefficient (Wildman–Crippen LogP) is 2.85. The number of hydrogen-bond acceptors (Lipinski definition) is 4. The molecule has 2 aromatic heterocycles. The van der Waals surface area contributed by atoms with E-state index in [0.29, 0.717) is 11.3 Å². The van der Waals surface area contributed by atoms with E-state index in [0.717, 1.165) is 36.6 Å². The highest BCUT2D eigenvalue weighted by Crippen LogP contribution is 2.34. The lowest BCUT2D eigenvalue weighted by Crippen LogP contribution is -2.25. The number of amides is 1. The number of H-pyrrole nitrogens is 1. The van der Waals surface area contributed by atoms with Gasteiger partial charge in [-0.2, -0.15) is 5.10 Å². The van der Waals surface area contributed by atoms with Gasteiger partial charge in [-0.1, -0.05) is 0 Å². The Bertz CT molecular complexity index is 1060. The van der Waals surface area contributed by atoms with Crippen molar-refractivity contribution in [1.29, 1.82) is 0 Å². The van der Waals surface area contributed by atoms with Gasteiger partial charge in [-0.15, -0.1) is 0 Å². The second kappa shape index (κ2) is 5.72. The lowest BCUT2D eigenvalue weighted by Gasteiger charge is -2.12.